The molecule has 0 radical (unpaired) electrons. The molecule has 1 aliphatic rings. The molecule has 0 unspecified atom stereocenters. The van der Waals surface area contributed by atoms with Crippen LogP contribution in [0.25, 0.3) is 22.6 Å². The van der Waals surface area contributed by atoms with E-state index in [2.05, 4.69) is 0 Å². The van der Waals surface area contributed by atoms with Crippen molar-refractivity contribution in [3.8, 4) is 0 Å². The summed E-state index contributed by atoms with van der Waals surface area (Å²) >= 11 is 0. The number of para-hydroxylation sites is 1. The maximum Gasteiger partial charge on any atom is 0.336 e. The lowest BCUT2D eigenvalue weighted by molar-refractivity contribution is 0.0697. The molecule has 3 aromatic rings. The van der Waals surface area contributed by atoms with E-state index >= 15 is 0 Å². The first-order valence-electron chi connectivity index (χ1n) is 8.25. The third-order valence-electron chi connectivity index (χ3n) is 4.60. The summed E-state index contributed by atoms with van der Waals surface area (Å²) in [6.07, 6.45) is 4.38. The molecule has 1 aliphatic carbocycles. The zero-order chi connectivity index (χ0) is 17.4. The van der Waals surface area contributed by atoms with Crippen molar-refractivity contribution in [2.75, 3.05) is 0 Å². The van der Waals surface area contributed by atoms with Crippen LogP contribution in [0.5, 0.6) is 0 Å². The number of aromatic carboxylic acids is 1. The summed E-state index contributed by atoms with van der Waals surface area (Å²) in [5.74, 6) is -1.19. The number of hydrogen-bond acceptors (Lipinski definition) is 2. The number of halogens is 1. The highest BCUT2D eigenvalue weighted by atomic mass is 19.1. The Labute approximate surface area is 144 Å². The first kappa shape index (κ1) is 15.5. The zero-order valence-electron chi connectivity index (χ0n) is 13.5. The molecule has 3 nitrogen and oxygen atoms in total. The van der Waals surface area contributed by atoms with Gasteiger partial charge >= 0.3 is 5.97 Å². The predicted octanol–water partition coefficient (Wildman–Crippen LogP) is 4.95. The maximum absolute atomic E-state index is 13.1. The molecule has 0 saturated carbocycles. The fraction of sp³-hybridized carbons (Fsp3) is 0.143. The van der Waals surface area contributed by atoms with Crippen LogP contribution < -0.4 is 0 Å². The minimum atomic E-state index is -0.919. The summed E-state index contributed by atoms with van der Waals surface area (Å²) in [6, 6.07) is 13.6. The minimum Gasteiger partial charge on any atom is -0.478 e. The van der Waals surface area contributed by atoms with Gasteiger partial charge in [0.05, 0.1) is 16.8 Å². The van der Waals surface area contributed by atoms with E-state index in [1.165, 1.54) is 12.1 Å². The Balaban J connectivity index is 1.95. The van der Waals surface area contributed by atoms with Crippen LogP contribution in [0.15, 0.2) is 48.5 Å². The van der Waals surface area contributed by atoms with Gasteiger partial charge in [0.15, 0.2) is 0 Å². The van der Waals surface area contributed by atoms with Crippen molar-refractivity contribution in [1.29, 1.82) is 0 Å². The molecule has 25 heavy (non-hydrogen) atoms. The molecule has 1 heterocycles. The second-order valence-corrected chi connectivity index (χ2v) is 6.21. The number of nitrogens with zero attached hydrogens (tertiary/aromatic N) is 1. The predicted molar refractivity (Wildman–Crippen MR) is 95.9 cm³/mol. The molecule has 0 bridgehead atoms. The SMILES string of the molecule is O=C(O)c1c2c(nc3ccccc13)/C(=C/c1ccc(F)cc1)CCC2. The Morgan fingerprint density at radius 3 is 2.60 bits per heavy atom. The highest BCUT2D eigenvalue weighted by Gasteiger charge is 2.24. The topological polar surface area (TPSA) is 50.2 Å². The molecular formula is C21H16FNO2. The number of rotatable bonds is 2. The lowest BCUT2D eigenvalue weighted by Gasteiger charge is -2.21. The number of carbonyl (C=O) groups is 1. The molecule has 4 rings (SSSR count). The summed E-state index contributed by atoms with van der Waals surface area (Å²) in [4.78, 5) is 16.6. The highest BCUT2D eigenvalue weighted by Crippen LogP contribution is 2.36. The van der Waals surface area contributed by atoms with Gasteiger partial charge in [0.25, 0.3) is 0 Å². The van der Waals surface area contributed by atoms with Crippen LogP contribution in [-0.4, -0.2) is 16.1 Å². The summed E-state index contributed by atoms with van der Waals surface area (Å²) in [7, 11) is 0. The average molecular weight is 333 g/mol. The molecule has 1 N–H and O–H groups in total. The lowest BCUT2D eigenvalue weighted by atomic mass is 9.86. The summed E-state index contributed by atoms with van der Waals surface area (Å²) in [6.45, 7) is 0. The third kappa shape index (κ3) is 2.80. The number of hydrogen-bond donors (Lipinski definition) is 1. The number of pyridine rings is 1. The third-order valence-corrected chi connectivity index (χ3v) is 4.60. The van der Waals surface area contributed by atoms with Gasteiger partial charge in [0.1, 0.15) is 5.82 Å². The van der Waals surface area contributed by atoms with E-state index in [-0.39, 0.29) is 5.82 Å². The van der Waals surface area contributed by atoms with Crippen molar-refractivity contribution < 1.29 is 14.3 Å². The average Bonchev–Trinajstić information content (AvgIpc) is 2.62. The first-order chi connectivity index (χ1) is 12.1. The Hall–Kier alpha value is -3.01. The van der Waals surface area contributed by atoms with Crippen molar-refractivity contribution >= 4 is 28.5 Å². The Bertz CT molecular complexity index is 1010. The molecule has 0 atom stereocenters. The molecule has 0 fully saturated rings. The summed E-state index contributed by atoms with van der Waals surface area (Å²) < 4.78 is 13.1. The second kappa shape index (κ2) is 6.13. The van der Waals surface area contributed by atoms with E-state index in [9.17, 15) is 14.3 Å². The van der Waals surface area contributed by atoms with Crippen LogP contribution in [0.2, 0.25) is 0 Å². The van der Waals surface area contributed by atoms with E-state index in [4.69, 9.17) is 4.98 Å². The Kier molecular flexibility index (Phi) is 3.80. The number of carboxylic acid groups (broad SMARTS) is 1. The molecule has 1 aromatic heterocycles. The fourth-order valence-electron chi connectivity index (χ4n) is 3.48. The van der Waals surface area contributed by atoms with Gasteiger partial charge in [0.2, 0.25) is 0 Å². The maximum atomic E-state index is 13.1. The van der Waals surface area contributed by atoms with Crippen LogP contribution in [0, 0.1) is 5.82 Å². The zero-order valence-corrected chi connectivity index (χ0v) is 13.5. The molecule has 2 aromatic carbocycles. The van der Waals surface area contributed by atoms with Crippen LogP contribution in [0.4, 0.5) is 4.39 Å². The molecule has 124 valence electrons. The Morgan fingerprint density at radius 2 is 1.84 bits per heavy atom. The van der Waals surface area contributed by atoms with E-state index < -0.39 is 5.97 Å². The first-order valence-corrected chi connectivity index (χ1v) is 8.25. The Morgan fingerprint density at radius 1 is 1.08 bits per heavy atom. The van der Waals surface area contributed by atoms with Crippen molar-refractivity contribution in [3.63, 3.8) is 0 Å². The van der Waals surface area contributed by atoms with Crippen molar-refractivity contribution in [2.45, 2.75) is 19.3 Å². The standard InChI is InChI=1S/C21H16FNO2/c22-15-10-8-13(9-11-15)12-14-4-3-6-17-19(21(24)25)16-5-1-2-7-18(16)23-20(14)17/h1-2,5,7-12H,3-4,6H2,(H,24,25)/b14-12+. The van der Waals surface area contributed by atoms with Crippen LogP contribution in [-0.2, 0) is 6.42 Å². The van der Waals surface area contributed by atoms with Crippen LogP contribution in [0.1, 0.15) is 40.0 Å². The van der Waals surface area contributed by atoms with Gasteiger partial charge < -0.3 is 5.11 Å². The highest BCUT2D eigenvalue weighted by molar-refractivity contribution is 6.05. The van der Waals surface area contributed by atoms with Crippen LogP contribution >= 0.6 is 0 Å². The van der Waals surface area contributed by atoms with Gasteiger partial charge in [-0.3, -0.25) is 0 Å². The normalized spacial score (nSPS) is 15.3. The van der Waals surface area contributed by atoms with Crippen LogP contribution in [0.3, 0.4) is 0 Å². The molecule has 0 aliphatic heterocycles. The summed E-state index contributed by atoms with van der Waals surface area (Å²) in [5, 5.41) is 10.4. The number of carboxylic acids is 1. The number of aromatic nitrogens is 1. The number of allylic oxidation sites excluding steroid dienone is 1. The summed E-state index contributed by atoms with van der Waals surface area (Å²) in [5.41, 5.74) is 4.48. The lowest BCUT2D eigenvalue weighted by Crippen LogP contribution is -2.13. The number of benzene rings is 2. The van der Waals surface area contributed by atoms with Gasteiger partial charge in [-0.15, -0.1) is 0 Å². The quantitative estimate of drug-likeness (QED) is 0.722. The fourth-order valence-corrected chi connectivity index (χ4v) is 3.48. The van der Waals surface area contributed by atoms with Gasteiger partial charge in [-0.05, 0) is 60.2 Å². The smallest absolute Gasteiger partial charge is 0.336 e. The number of fused-ring (bicyclic) bond motifs is 2. The molecule has 4 heteroatoms. The molecule has 0 amide bonds. The van der Waals surface area contributed by atoms with E-state index in [1.54, 1.807) is 12.1 Å². The van der Waals surface area contributed by atoms with Crippen molar-refractivity contribution in [2.24, 2.45) is 0 Å². The van der Waals surface area contributed by atoms with Gasteiger partial charge in [-0.25, -0.2) is 14.2 Å². The van der Waals surface area contributed by atoms with E-state index in [0.29, 0.717) is 22.9 Å². The largest absolute Gasteiger partial charge is 0.478 e. The van der Waals surface area contributed by atoms with Gasteiger partial charge in [-0.1, -0.05) is 30.3 Å². The molecular weight excluding hydrogens is 317 g/mol. The van der Waals surface area contributed by atoms with Crippen molar-refractivity contribution in [3.05, 3.63) is 76.7 Å². The van der Waals surface area contributed by atoms with Gasteiger partial charge in [0, 0.05) is 5.39 Å². The molecule has 0 spiro atoms. The van der Waals surface area contributed by atoms with Crippen molar-refractivity contribution in [1.82, 2.24) is 4.98 Å². The van der Waals surface area contributed by atoms with Gasteiger partial charge in [-0.2, -0.15) is 0 Å². The molecule has 0 saturated heterocycles. The van der Waals surface area contributed by atoms with E-state index in [0.717, 1.165) is 35.2 Å². The van der Waals surface area contributed by atoms with E-state index in [1.807, 2.05) is 30.3 Å². The second-order valence-electron chi connectivity index (χ2n) is 6.21. The monoisotopic (exact) mass is 333 g/mol. The minimum absolute atomic E-state index is 0.275.